The molecule has 2 aliphatic heterocycles. The van der Waals surface area contributed by atoms with Gasteiger partial charge in [0.15, 0.2) is 0 Å². The first-order valence-electron chi connectivity index (χ1n) is 8.14. The van der Waals surface area contributed by atoms with Gasteiger partial charge in [-0.1, -0.05) is 12.1 Å². The minimum atomic E-state index is 0.139. The Morgan fingerprint density at radius 2 is 2.09 bits per heavy atom. The fraction of sp³-hybridized carbons (Fsp3) is 0.588. The zero-order chi connectivity index (χ0) is 15.4. The van der Waals surface area contributed by atoms with E-state index in [0.29, 0.717) is 12.5 Å². The van der Waals surface area contributed by atoms with Crippen LogP contribution in [0.5, 0.6) is 0 Å². The molecule has 0 aliphatic carbocycles. The summed E-state index contributed by atoms with van der Waals surface area (Å²) in [5.74, 6) is 0.597. The van der Waals surface area contributed by atoms with Crippen LogP contribution in [0.2, 0.25) is 0 Å². The number of nitrogens with two attached hydrogens (primary N) is 1. The average Bonchev–Trinajstić information content (AvgIpc) is 3.04. The van der Waals surface area contributed by atoms with Crippen LogP contribution in [0.4, 0.5) is 0 Å². The van der Waals surface area contributed by atoms with Gasteiger partial charge in [-0.2, -0.15) is 0 Å². The number of hydrogen-bond donors (Lipinski definition) is 1. The number of morpholine rings is 1. The molecule has 5 heteroatoms. The minimum Gasteiger partial charge on any atom is -0.379 e. The van der Waals surface area contributed by atoms with Gasteiger partial charge < -0.3 is 15.4 Å². The monoisotopic (exact) mass is 303 g/mol. The third-order valence-electron chi connectivity index (χ3n) is 4.59. The summed E-state index contributed by atoms with van der Waals surface area (Å²) < 4.78 is 5.37. The van der Waals surface area contributed by atoms with E-state index >= 15 is 0 Å². The van der Waals surface area contributed by atoms with E-state index in [1.165, 1.54) is 5.56 Å². The van der Waals surface area contributed by atoms with Crippen LogP contribution in [0.25, 0.3) is 0 Å². The molecule has 1 amide bonds. The van der Waals surface area contributed by atoms with Crippen molar-refractivity contribution in [3.8, 4) is 0 Å². The van der Waals surface area contributed by atoms with E-state index in [-0.39, 0.29) is 5.91 Å². The number of amides is 1. The van der Waals surface area contributed by atoms with Crippen LogP contribution in [-0.2, 0) is 11.3 Å². The second kappa shape index (κ2) is 7.22. The molecule has 3 rings (SSSR count). The van der Waals surface area contributed by atoms with Crippen LogP contribution < -0.4 is 5.73 Å². The zero-order valence-electron chi connectivity index (χ0n) is 13.0. The van der Waals surface area contributed by atoms with Gasteiger partial charge >= 0.3 is 0 Å². The number of carbonyl (C=O) groups is 1. The van der Waals surface area contributed by atoms with Crippen LogP contribution in [0.3, 0.4) is 0 Å². The molecule has 2 saturated heterocycles. The highest BCUT2D eigenvalue weighted by atomic mass is 16.5. The van der Waals surface area contributed by atoms with Crippen molar-refractivity contribution >= 4 is 5.91 Å². The highest BCUT2D eigenvalue weighted by Gasteiger charge is 2.26. The number of rotatable bonds is 4. The molecule has 1 atom stereocenters. The molecular formula is C17H25N3O2. The average molecular weight is 303 g/mol. The Morgan fingerprint density at radius 3 is 2.82 bits per heavy atom. The van der Waals surface area contributed by atoms with Crippen LogP contribution in [0.1, 0.15) is 22.3 Å². The Kier molecular flexibility index (Phi) is 5.08. The van der Waals surface area contributed by atoms with E-state index in [4.69, 9.17) is 10.5 Å². The lowest BCUT2D eigenvalue weighted by Crippen LogP contribution is -2.35. The number of ether oxygens (including phenoxy) is 1. The maximum Gasteiger partial charge on any atom is 0.253 e. The summed E-state index contributed by atoms with van der Waals surface area (Å²) in [4.78, 5) is 16.9. The number of carbonyl (C=O) groups excluding carboxylic acids is 1. The molecule has 0 unspecified atom stereocenters. The van der Waals surface area contributed by atoms with Gasteiger partial charge in [-0.3, -0.25) is 9.69 Å². The second-order valence-electron chi connectivity index (χ2n) is 6.23. The molecule has 1 aromatic rings. The molecule has 0 radical (unpaired) electrons. The Morgan fingerprint density at radius 1 is 1.27 bits per heavy atom. The lowest BCUT2D eigenvalue weighted by molar-refractivity contribution is 0.0341. The standard InChI is InChI=1S/C17H25N3O2/c18-11-15-4-5-20(13-15)17(21)16-3-1-2-14(10-16)12-19-6-8-22-9-7-19/h1-3,10,15H,4-9,11-13,18H2/t15-/m0/s1. The maximum atomic E-state index is 12.6. The third kappa shape index (κ3) is 3.66. The first kappa shape index (κ1) is 15.5. The number of benzene rings is 1. The van der Waals surface area contributed by atoms with Gasteiger partial charge in [-0.25, -0.2) is 0 Å². The zero-order valence-corrected chi connectivity index (χ0v) is 13.0. The number of likely N-dealkylation sites (tertiary alicyclic amines) is 1. The van der Waals surface area contributed by atoms with Crippen molar-refractivity contribution in [1.82, 2.24) is 9.80 Å². The van der Waals surface area contributed by atoms with Gasteiger partial charge in [0.1, 0.15) is 0 Å². The number of nitrogens with zero attached hydrogens (tertiary/aromatic N) is 2. The van der Waals surface area contributed by atoms with Crippen molar-refractivity contribution in [2.45, 2.75) is 13.0 Å². The molecule has 0 aromatic heterocycles. The van der Waals surface area contributed by atoms with Gasteiger partial charge in [-0.15, -0.1) is 0 Å². The smallest absolute Gasteiger partial charge is 0.253 e. The first-order chi connectivity index (χ1) is 10.8. The summed E-state index contributed by atoms with van der Waals surface area (Å²) in [6.07, 6.45) is 1.02. The SMILES string of the molecule is NC[C@@H]1CCN(C(=O)c2cccc(CN3CCOCC3)c2)C1. The van der Waals surface area contributed by atoms with Gasteiger partial charge in [-0.05, 0) is 36.6 Å². The Balaban J connectivity index is 1.64. The van der Waals surface area contributed by atoms with E-state index in [1.54, 1.807) is 0 Å². The van der Waals surface area contributed by atoms with Crippen LogP contribution in [0.15, 0.2) is 24.3 Å². The molecular weight excluding hydrogens is 278 g/mol. The summed E-state index contributed by atoms with van der Waals surface area (Å²) >= 11 is 0. The molecule has 2 N–H and O–H groups in total. The van der Waals surface area contributed by atoms with Crippen molar-refractivity contribution in [3.63, 3.8) is 0 Å². The van der Waals surface area contributed by atoms with Crippen molar-refractivity contribution < 1.29 is 9.53 Å². The van der Waals surface area contributed by atoms with Gasteiger partial charge in [0, 0.05) is 38.3 Å². The molecule has 2 fully saturated rings. The largest absolute Gasteiger partial charge is 0.379 e. The number of hydrogen-bond acceptors (Lipinski definition) is 4. The van der Waals surface area contributed by atoms with Crippen LogP contribution in [0, 0.1) is 5.92 Å². The van der Waals surface area contributed by atoms with E-state index in [0.717, 1.165) is 57.9 Å². The summed E-state index contributed by atoms with van der Waals surface area (Å²) in [6.45, 7) is 6.69. The molecule has 5 nitrogen and oxygen atoms in total. The van der Waals surface area contributed by atoms with Crippen molar-refractivity contribution in [2.24, 2.45) is 11.7 Å². The molecule has 0 bridgehead atoms. The van der Waals surface area contributed by atoms with Gasteiger partial charge in [0.2, 0.25) is 0 Å². The first-order valence-corrected chi connectivity index (χ1v) is 8.14. The van der Waals surface area contributed by atoms with Crippen LogP contribution >= 0.6 is 0 Å². The quantitative estimate of drug-likeness (QED) is 0.899. The molecule has 2 aliphatic rings. The van der Waals surface area contributed by atoms with Crippen LogP contribution in [-0.4, -0.2) is 61.6 Å². The van der Waals surface area contributed by atoms with Crippen molar-refractivity contribution in [1.29, 1.82) is 0 Å². The summed E-state index contributed by atoms with van der Waals surface area (Å²) in [5, 5.41) is 0. The summed E-state index contributed by atoms with van der Waals surface area (Å²) in [5.41, 5.74) is 7.70. The lowest BCUT2D eigenvalue weighted by Gasteiger charge is -2.26. The Bertz CT molecular complexity index is 514. The molecule has 22 heavy (non-hydrogen) atoms. The van der Waals surface area contributed by atoms with Gasteiger partial charge in [0.25, 0.3) is 5.91 Å². The maximum absolute atomic E-state index is 12.6. The fourth-order valence-electron chi connectivity index (χ4n) is 3.21. The van der Waals surface area contributed by atoms with E-state index < -0.39 is 0 Å². The molecule has 1 aromatic carbocycles. The van der Waals surface area contributed by atoms with E-state index in [1.807, 2.05) is 23.1 Å². The Hall–Kier alpha value is -1.43. The fourth-order valence-corrected chi connectivity index (χ4v) is 3.21. The molecule has 0 spiro atoms. The molecule has 120 valence electrons. The molecule has 2 heterocycles. The topological polar surface area (TPSA) is 58.8 Å². The minimum absolute atomic E-state index is 0.139. The second-order valence-corrected chi connectivity index (χ2v) is 6.23. The predicted molar refractivity (Wildman–Crippen MR) is 85.6 cm³/mol. The van der Waals surface area contributed by atoms with Crippen molar-refractivity contribution in [2.75, 3.05) is 45.9 Å². The van der Waals surface area contributed by atoms with Gasteiger partial charge in [0.05, 0.1) is 13.2 Å². The van der Waals surface area contributed by atoms with E-state index in [9.17, 15) is 4.79 Å². The Labute approximate surface area is 132 Å². The highest BCUT2D eigenvalue weighted by molar-refractivity contribution is 5.94. The normalized spacial score (nSPS) is 23.0. The summed E-state index contributed by atoms with van der Waals surface area (Å²) in [6, 6.07) is 8.03. The van der Waals surface area contributed by atoms with E-state index in [2.05, 4.69) is 11.0 Å². The van der Waals surface area contributed by atoms with Crippen molar-refractivity contribution in [3.05, 3.63) is 35.4 Å². The highest BCUT2D eigenvalue weighted by Crippen LogP contribution is 2.19. The third-order valence-corrected chi connectivity index (χ3v) is 4.59. The summed E-state index contributed by atoms with van der Waals surface area (Å²) in [7, 11) is 0. The predicted octanol–water partition coefficient (Wildman–Crippen LogP) is 0.940. The lowest BCUT2D eigenvalue weighted by atomic mass is 10.1. The molecule has 0 saturated carbocycles.